The van der Waals surface area contributed by atoms with Crippen LogP contribution in [-0.4, -0.2) is 59.9 Å². The second-order valence-corrected chi connectivity index (χ2v) is 6.52. The molecule has 1 fully saturated rings. The fourth-order valence-electron chi connectivity index (χ4n) is 3.20. The molecule has 132 valence electrons. The van der Waals surface area contributed by atoms with Crippen molar-refractivity contribution < 1.29 is 14.7 Å². The molecule has 0 saturated carbocycles. The Labute approximate surface area is 143 Å². The molecular weight excluding hydrogens is 306 g/mol. The van der Waals surface area contributed by atoms with Crippen LogP contribution in [0.15, 0.2) is 30.3 Å². The number of nitrogens with two attached hydrogens (primary N) is 1. The second kappa shape index (κ2) is 8.80. The van der Waals surface area contributed by atoms with E-state index in [4.69, 9.17) is 5.73 Å². The summed E-state index contributed by atoms with van der Waals surface area (Å²) in [6.45, 7) is 2.10. The highest BCUT2D eigenvalue weighted by Gasteiger charge is 2.28. The summed E-state index contributed by atoms with van der Waals surface area (Å²) in [5.74, 6) is -0.385. The Kier molecular flexibility index (Phi) is 6.75. The molecule has 1 aromatic carbocycles. The standard InChI is InChI=1S/C18H27N3O3/c1-20(11-9-16(22)14-6-3-2-4-7-14)18(24)15-8-5-10-21(12-15)13-17(19)23/h2-4,6-7,15-16,22H,5,8-13H2,1H3,(H2,19,23). The fourth-order valence-corrected chi connectivity index (χ4v) is 3.20. The average molecular weight is 333 g/mol. The minimum absolute atomic E-state index is 0.0735. The predicted octanol–water partition coefficient (Wildman–Crippen LogP) is 0.766. The molecule has 0 aromatic heterocycles. The van der Waals surface area contributed by atoms with Crippen LogP contribution < -0.4 is 5.73 Å². The molecule has 1 aliphatic rings. The molecule has 1 heterocycles. The van der Waals surface area contributed by atoms with E-state index in [0.717, 1.165) is 24.9 Å². The largest absolute Gasteiger partial charge is 0.388 e. The van der Waals surface area contributed by atoms with Crippen molar-refractivity contribution in [1.29, 1.82) is 0 Å². The van der Waals surface area contributed by atoms with Gasteiger partial charge in [-0.3, -0.25) is 14.5 Å². The maximum Gasteiger partial charge on any atom is 0.231 e. The quantitative estimate of drug-likeness (QED) is 0.771. The molecule has 0 spiro atoms. The molecule has 6 nitrogen and oxygen atoms in total. The molecule has 0 bridgehead atoms. The van der Waals surface area contributed by atoms with Crippen molar-refractivity contribution in [2.45, 2.75) is 25.4 Å². The number of piperidine rings is 1. The average Bonchev–Trinajstić information content (AvgIpc) is 2.59. The fraction of sp³-hybridized carbons (Fsp3) is 0.556. The summed E-state index contributed by atoms with van der Waals surface area (Å²) in [4.78, 5) is 27.3. The molecule has 2 unspecified atom stereocenters. The summed E-state index contributed by atoms with van der Waals surface area (Å²) in [6, 6.07) is 9.46. The van der Waals surface area contributed by atoms with Crippen LogP contribution in [0.1, 0.15) is 30.9 Å². The van der Waals surface area contributed by atoms with Crippen molar-refractivity contribution in [2.24, 2.45) is 11.7 Å². The van der Waals surface area contributed by atoms with Crippen LogP contribution in [-0.2, 0) is 9.59 Å². The molecule has 2 amide bonds. The Balaban J connectivity index is 1.82. The van der Waals surface area contributed by atoms with E-state index in [2.05, 4.69) is 0 Å². The first kappa shape index (κ1) is 18.4. The number of rotatable bonds is 7. The molecule has 1 aliphatic heterocycles. The van der Waals surface area contributed by atoms with Crippen molar-refractivity contribution in [1.82, 2.24) is 9.80 Å². The molecule has 1 aromatic rings. The highest BCUT2D eigenvalue weighted by molar-refractivity contribution is 5.79. The number of benzene rings is 1. The van der Waals surface area contributed by atoms with Gasteiger partial charge in [-0.25, -0.2) is 0 Å². The van der Waals surface area contributed by atoms with Gasteiger partial charge in [0.1, 0.15) is 0 Å². The number of hydrogen-bond donors (Lipinski definition) is 2. The number of aliphatic hydroxyl groups is 1. The Hall–Kier alpha value is -1.92. The molecule has 24 heavy (non-hydrogen) atoms. The van der Waals surface area contributed by atoms with Gasteiger partial charge in [-0.15, -0.1) is 0 Å². The number of aliphatic hydroxyl groups excluding tert-OH is 1. The monoisotopic (exact) mass is 333 g/mol. The van der Waals surface area contributed by atoms with Crippen LogP contribution in [0.5, 0.6) is 0 Å². The molecule has 0 radical (unpaired) electrons. The summed E-state index contributed by atoms with van der Waals surface area (Å²) >= 11 is 0. The van der Waals surface area contributed by atoms with Crippen molar-refractivity contribution in [3.8, 4) is 0 Å². The first-order valence-electron chi connectivity index (χ1n) is 8.46. The molecule has 0 aliphatic carbocycles. The van der Waals surface area contributed by atoms with Gasteiger partial charge in [-0.2, -0.15) is 0 Å². The number of hydrogen-bond acceptors (Lipinski definition) is 4. The summed E-state index contributed by atoms with van der Waals surface area (Å²) in [6.07, 6.45) is 1.66. The smallest absolute Gasteiger partial charge is 0.231 e. The highest BCUT2D eigenvalue weighted by atomic mass is 16.3. The zero-order valence-corrected chi connectivity index (χ0v) is 14.2. The van der Waals surface area contributed by atoms with E-state index in [1.807, 2.05) is 35.2 Å². The van der Waals surface area contributed by atoms with Crippen LogP contribution in [0.3, 0.4) is 0 Å². The Bertz CT molecular complexity index is 550. The third-order valence-electron chi connectivity index (χ3n) is 4.53. The van der Waals surface area contributed by atoms with E-state index in [0.29, 0.717) is 19.5 Å². The second-order valence-electron chi connectivity index (χ2n) is 6.52. The van der Waals surface area contributed by atoms with Crippen molar-refractivity contribution in [2.75, 3.05) is 33.2 Å². The number of carbonyl (C=O) groups is 2. The Morgan fingerprint density at radius 2 is 2.08 bits per heavy atom. The van der Waals surface area contributed by atoms with Crippen LogP contribution in [0, 0.1) is 5.92 Å². The summed E-state index contributed by atoms with van der Waals surface area (Å²) in [7, 11) is 1.77. The van der Waals surface area contributed by atoms with E-state index in [1.54, 1.807) is 11.9 Å². The minimum atomic E-state index is -0.570. The van der Waals surface area contributed by atoms with Gasteiger partial charge < -0.3 is 15.7 Å². The van der Waals surface area contributed by atoms with Gasteiger partial charge in [0.15, 0.2) is 0 Å². The van der Waals surface area contributed by atoms with Crippen LogP contribution in [0.4, 0.5) is 0 Å². The SMILES string of the molecule is CN(CCC(O)c1ccccc1)C(=O)C1CCCN(CC(N)=O)C1. The zero-order valence-electron chi connectivity index (χ0n) is 14.2. The van der Waals surface area contributed by atoms with E-state index in [1.165, 1.54) is 0 Å². The van der Waals surface area contributed by atoms with E-state index in [9.17, 15) is 14.7 Å². The summed E-state index contributed by atoms with van der Waals surface area (Å²) in [5, 5.41) is 10.2. The minimum Gasteiger partial charge on any atom is -0.388 e. The van der Waals surface area contributed by atoms with Crippen LogP contribution in [0.2, 0.25) is 0 Å². The number of amides is 2. The maximum absolute atomic E-state index is 12.6. The molecule has 2 atom stereocenters. The molecular formula is C18H27N3O3. The van der Waals surface area contributed by atoms with E-state index in [-0.39, 0.29) is 24.3 Å². The predicted molar refractivity (Wildman–Crippen MR) is 92.0 cm³/mol. The molecule has 3 N–H and O–H groups in total. The van der Waals surface area contributed by atoms with Crippen molar-refractivity contribution in [3.63, 3.8) is 0 Å². The molecule has 1 saturated heterocycles. The van der Waals surface area contributed by atoms with Gasteiger partial charge in [-0.1, -0.05) is 30.3 Å². The highest BCUT2D eigenvalue weighted by Crippen LogP contribution is 2.20. The topological polar surface area (TPSA) is 86.9 Å². The van der Waals surface area contributed by atoms with Crippen LogP contribution in [0.25, 0.3) is 0 Å². The zero-order chi connectivity index (χ0) is 17.5. The Morgan fingerprint density at radius 3 is 2.75 bits per heavy atom. The summed E-state index contributed by atoms with van der Waals surface area (Å²) < 4.78 is 0. The Morgan fingerprint density at radius 1 is 1.38 bits per heavy atom. The summed E-state index contributed by atoms with van der Waals surface area (Å²) in [5.41, 5.74) is 6.10. The number of likely N-dealkylation sites (tertiary alicyclic amines) is 1. The lowest BCUT2D eigenvalue weighted by atomic mass is 9.96. The van der Waals surface area contributed by atoms with Gasteiger partial charge in [0, 0.05) is 20.1 Å². The van der Waals surface area contributed by atoms with Gasteiger partial charge in [0.2, 0.25) is 11.8 Å². The number of primary amides is 1. The van der Waals surface area contributed by atoms with Gasteiger partial charge in [0.25, 0.3) is 0 Å². The maximum atomic E-state index is 12.6. The van der Waals surface area contributed by atoms with Gasteiger partial charge in [0.05, 0.1) is 18.6 Å². The lowest BCUT2D eigenvalue weighted by Crippen LogP contribution is -2.46. The third-order valence-corrected chi connectivity index (χ3v) is 4.53. The normalized spacial score (nSPS) is 19.7. The van der Waals surface area contributed by atoms with E-state index >= 15 is 0 Å². The molecule has 6 heteroatoms. The third kappa shape index (κ3) is 5.32. The van der Waals surface area contributed by atoms with Gasteiger partial charge >= 0.3 is 0 Å². The number of carbonyl (C=O) groups excluding carboxylic acids is 2. The van der Waals surface area contributed by atoms with Gasteiger partial charge in [-0.05, 0) is 31.4 Å². The number of nitrogens with zero attached hydrogens (tertiary/aromatic N) is 2. The lowest BCUT2D eigenvalue weighted by molar-refractivity contribution is -0.137. The first-order valence-corrected chi connectivity index (χ1v) is 8.46. The van der Waals surface area contributed by atoms with Crippen molar-refractivity contribution in [3.05, 3.63) is 35.9 Å². The first-order chi connectivity index (χ1) is 11.5. The lowest BCUT2D eigenvalue weighted by Gasteiger charge is -2.33. The van der Waals surface area contributed by atoms with E-state index < -0.39 is 6.10 Å². The van der Waals surface area contributed by atoms with Crippen molar-refractivity contribution >= 4 is 11.8 Å². The van der Waals surface area contributed by atoms with Crippen LogP contribution >= 0.6 is 0 Å². The molecule has 2 rings (SSSR count).